The lowest BCUT2D eigenvalue weighted by Gasteiger charge is -2.39. The third kappa shape index (κ3) is 3.09. The van der Waals surface area contributed by atoms with E-state index in [0.29, 0.717) is 0 Å². The number of hydrogen-bond donors (Lipinski definition) is 0. The van der Waals surface area contributed by atoms with Gasteiger partial charge in [0.1, 0.15) is 0 Å². The topological polar surface area (TPSA) is 0 Å². The van der Waals surface area contributed by atoms with Crippen molar-refractivity contribution in [1.29, 1.82) is 0 Å². The van der Waals surface area contributed by atoms with E-state index in [2.05, 4.69) is 147 Å². The van der Waals surface area contributed by atoms with Crippen molar-refractivity contribution in [3.8, 4) is 0 Å². The van der Waals surface area contributed by atoms with Crippen molar-refractivity contribution in [2.45, 2.75) is 19.3 Å². The van der Waals surface area contributed by atoms with Gasteiger partial charge in [0.15, 0.2) is 0 Å². The summed E-state index contributed by atoms with van der Waals surface area (Å²) in [4.78, 5) is 0. The van der Waals surface area contributed by atoms with E-state index >= 15 is 0 Å². The van der Waals surface area contributed by atoms with Gasteiger partial charge in [-0.25, -0.2) is 0 Å². The van der Waals surface area contributed by atoms with Crippen molar-refractivity contribution in [2.24, 2.45) is 0 Å². The molecule has 0 aromatic heterocycles. The van der Waals surface area contributed by atoms with Crippen molar-refractivity contribution in [3.63, 3.8) is 0 Å². The maximum Gasteiger partial charge on any atom is 0.0710 e. The molecule has 7 aromatic carbocycles. The highest BCUT2D eigenvalue weighted by Crippen LogP contribution is 2.50. The van der Waals surface area contributed by atoms with Gasteiger partial charge in [0, 0.05) is 0 Å². The lowest BCUT2D eigenvalue weighted by molar-refractivity contribution is 0.746. The van der Waals surface area contributed by atoms with Crippen LogP contribution < -0.4 is 0 Å². The van der Waals surface area contributed by atoms with Crippen LogP contribution in [0.25, 0.3) is 32.3 Å². The third-order valence-electron chi connectivity index (χ3n) is 8.19. The van der Waals surface area contributed by atoms with Crippen LogP contribution in [0.5, 0.6) is 0 Å². The lowest BCUT2D eigenvalue weighted by atomic mass is 9.62. The molecule has 0 nitrogen and oxygen atoms in total. The van der Waals surface area contributed by atoms with E-state index in [1.54, 1.807) is 0 Å². The first kappa shape index (κ1) is 21.8. The molecule has 0 spiro atoms. The lowest BCUT2D eigenvalue weighted by Crippen LogP contribution is -2.32. The minimum absolute atomic E-state index is 0.467. The molecule has 0 N–H and O–H groups in total. The van der Waals surface area contributed by atoms with Gasteiger partial charge in [-0.1, -0.05) is 133 Å². The molecule has 0 aliphatic heterocycles. The number of aryl methyl sites for hydroxylation is 2. The van der Waals surface area contributed by atoms with Crippen LogP contribution >= 0.6 is 0 Å². The summed E-state index contributed by atoms with van der Waals surface area (Å²) in [5.41, 5.74) is 7.36. The van der Waals surface area contributed by atoms with Crippen LogP contribution in [0.3, 0.4) is 0 Å². The summed E-state index contributed by atoms with van der Waals surface area (Å²) >= 11 is 0. The van der Waals surface area contributed by atoms with Crippen LogP contribution in [0.2, 0.25) is 0 Å². The van der Waals surface area contributed by atoms with E-state index in [-0.39, 0.29) is 0 Å². The predicted octanol–water partition coefficient (Wildman–Crippen LogP) is 9.58. The fourth-order valence-corrected chi connectivity index (χ4v) is 6.66. The van der Waals surface area contributed by atoms with Gasteiger partial charge in [0.05, 0.1) is 5.41 Å². The molecule has 0 saturated carbocycles. The smallest absolute Gasteiger partial charge is 0.0622 e. The largest absolute Gasteiger partial charge is 0.0710 e. The highest BCUT2D eigenvalue weighted by atomic mass is 14.4. The summed E-state index contributed by atoms with van der Waals surface area (Å²) < 4.78 is 0. The summed E-state index contributed by atoms with van der Waals surface area (Å²) in [5.74, 6) is 0. The predicted molar refractivity (Wildman–Crippen MR) is 158 cm³/mol. The zero-order valence-electron chi connectivity index (χ0n) is 21.2. The summed E-state index contributed by atoms with van der Waals surface area (Å²) in [6.07, 6.45) is 0. The summed E-state index contributed by atoms with van der Waals surface area (Å²) in [6, 6.07) is 49.4. The molecular weight excluding hydrogens is 444 g/mol. The van der Waals surface area contributed by atoms with E-state index in [0.717, 1.165) is 0 Å². The van der Waals surface area contributed by atoms with Crippen molar-refractivity contribution in [3.05, 3.63) is 167 Å². The van der Waals surface area contributed by atoms with Gasteiger partial charge in [0.2, 0.25) is 0 Å². The Morgan fingerprint density at radius 3 is 1.43 bits per heavy atom. The van der Waals surface area contributed by atoms with Gasteiger partial charge in [-0.3, -0.25) is 0 Å². The first-order chi connectivity index (χ1) is 18.2. The van der Waals surface area contributed by atoms with Gasteiger partial charge in [-0.2, -0.15) is 0 Å². The highest BCUT2D eigenvalue weighted by molar-refractivity contribution is 6.24. The zero-order chi connectivity index (χ0) is 25.0. The molecule has 7 aromatic rings. The minimum atomic E-state index is -0.467. The average molecular weight is 473 g/mol. The van der Waals surface area contributed by atoms with Crippen LogP contribution in [-0.2, 0) is 5.41 Å². The van der Waals surface area contributed by atoms with Crippen LogP contribution in [0.4, 0.5) is 0 Å². The molecule has 0 saturated heterocycles. The van der Waals surface area contributed by atoms with Gasteiger partial charge in [0.25, 0.3) is 0 Å². The second kappa shape index (κ2) is 8.32. The number of rotatable bonds is 4. The fourth-order valence-electron chi connectivity index (χ4n) is 6.66. The second-order valence-corrected chi connectivity index (χ2v) is 10.2. The van der Waals surface area contributed by atoms with Crippen molar-refractivity contribution in [2.75, 3.05) is 0 Å². The monoisotopic (exact) mass is 472 g/mol. The van der Waals surface area contributed by atoms with Crippen LogP contribution in [0.15, 0.2) is 133 Å². The first-order valence-electron chi connectivity index (χ1n) is 13.0. The van der Waals surface area contributed by atoms with Gasteiger partial charge >= 0.3 is 0 Å². The molecule has 0 radical (unpaired) electrons. The second-order valence-electron chi connectivity index (χ2n) is 10.2. The summed E-state index contributed by atoms with van der Waals surface area (Å²) in [5, 5.41) is 8.03. The molecule has 7 rings (SSSR count). The van der Waals surface area contributed by atoms with E-state index in [1.165, 1.54) is 65.7 Å². The van der Waals surface area contributed by atoms with Crippen molar-refractivity contribution >= 4 is 32.3 Å². The maximum atomic E-state index is 2.41. The highest BCUT2D eigenvalue weighted by Gasteiger charge is 2.40. The Balaban J connectivity index is 1.75. The Kier molecular flexibility index (Phi) is 4.91. The van der Waals surface area contributed by atoms with Crippen LogP contribution in [0, 0.1) is 13.8 Å². The molecule has 0 bridgehead atoms. The molecule has 37 heavy (non-hydrogen) atoms. The summed E-state index contributed by atoms with van der Waals surface area (Å²) in [6.45, 7) is 4.51. The minimum Gasteiger partial charge on any atom is -0.0622 e. The van der Waals surface area contributed by atoms with Crippen molar-refractivity contribution in [1.82, 2.24) is 0 Å². The average Bonchev–Trinajstić information content (AvgIpc) is 2.96. The molecular formula is C37H28. The quantitative estimate of drug-likeness (QED) is 0.177. The standard InChI is InChI=1S/C37H28/c1-25-18-19-27-20-23-33-35-28(21-22-32(25)34(27)35)24-26(2)36(33)37(29-12-6-3-7-13-29,30-14-8-4-9-15-30)31-16-10-5-11-17-31/h3-24H,1-2H3. The third-order valence-corrected chi connectivity index (χ3v) is 8.19. The van der Waals surface area contributed by atoms with Gasteiger partial charge < -0.3 is 0 Å². The van der Waals surface area contributed by atoms with Crippen LogP contribution in [-0.4, -0.2) is 0 Å². The molecule has 0 atom stereocenters. The summed E-state index contributed by atoms with van der Waals surface area (Å²) in [7, 11) is 0. The molecule has 176 valence electrons. The number of benzene rings is 7. The fraction of sp³-hybridized carbons (Fsp3) is 0.0811. The molecule has 0 aliphatic carbocycles. The van der Waals surface area contributed by atoms with E-state index in [4.69, 9.17) is 0 Å². The Morgan fingerprint density at radius 1 is 0.405 bits per heavy atom. The molecule has 0 aliphatic rings. The molecule has 0 unspecified atom stereocenters. The Labute approximate surface area is 218 Å². The van der Waals surface area contributed by atoms with Crippen LogP contribution in [0.1, 0.15) is 33.4 Å². The van der Waals surface area contributed by atoms with Gasteiger partial charge in [-0.05, 0) is 79.5 Å². The molecule has 0 heterocycles. The Hall–Kier alpha value is -4.42. The van der Waals surface area contributed by atoms with Crippen molar-refractivity contribution < 1.29 is 0 Å². The normalized spacial score (nSPS) is 12.1. The zero-order valence-corrected chi connectivity index (χ0v) is 21.2. The molecule has 0 heteroatoms. The number of hydrogen-bond acceptors (Lipinski definition) is 0. The SMILES string of the molecule is Cc1cc2ccc3c(C)ccc4ccc(c1C(c1ccccc1)(c1ccccc1)c1ccccc1)c2c43. The van der Waals surface area contributed by atoms with Gasteiger partial charge in [-0.15, -0.1) is 0 Å². The Bertz CT molecular complexity index is 1770. The van der Waals surface area contributed by atoms with E-state index < -0.39 is 5.41 Å². The maximum absolute atomic E-state index is 2.41. The van der Waals surface area contributed by atoms with E-state index in [9.17, 15) is 0 Å². The Morgan fingerprint density at radius 2 is 0.865 bits per heavy atom. The first-order valence-corrected chi connectivity index (χ1v) is 13.0. The molecule has 0 amide bonds. The van der Waals surface area contributed by atoms with E-state index in [1.807, 2.05) is 0 Å². The molecule has 0 fully saturated rings.